The Morgan fingerprint density at radius 1 is 1.82 bits per heavy atom. The molecular weight excluding hydrogens is 141 g/mol. The van der Waals surface area contributed by atoms with E-state index >= 15 is 0 Å². The minimum Gasteiger partial charge on any atom is -0.549 e. The fourth-order valence-electron chi connectivity index (χ4n) is 0.556. The largest absolute Gasteiger partial charge is 1.00 e. The van der Waals surface area contributed by atoms with Crippen LogP contribution in [0.2, 0.25) is 0 Å². The van der Waals surface area contributed by atoms with Crippen LogP contribution < -0.4 is 24.0 Å². The number of carbonyl (C=O) groups excluding carboxylic acids is 1. The van der Waals surface area contributed by atoms with E-state index in [2.05, 4.69) is 4.98 Å². The van der Waals surface area contributed by atoms with Gasteiger partial charge in [0.15, 0.2) is 6.39 Å². The zero-order valence-electron chi connectivity index (χ0n) is 6.40. The maximum atomic E-state index is 10.2. The molecule has 0 amide bonds. The second-order valence-electron chi connectivity index (χ2n) is 1.94. The van der Waals surface area contributed by atoms with Gasteiger partial charge in [-0.05, 0) is 6.92 Å². The Bertz CT molecular complexity index is 222. The average Bonchev–Trinajstić information content (AvgIpc) is 2.36. The molecule has 1 atom stereocenters. The Balaban J connectivity index is 0.000001000. The monoisotopic (exact) mass is 147 g/mol. The normalized spacial score (nSPS) is 11.7. The first-order valence-corrected chi connectivity index (χ1v) is 2.81. The van der Waals surface area contributed by atoms with Crippen LogP contribution in [0.25, 0.3) is 0 Å². The van der Waals surface area contributed by atoms with Crippen molar-refractivity contribution in [2.45, 2.75) is 12.8 Å². The molecule has 4 nitrogen and oxygen atoms in total. The van der Waals surface area contributed by atoms with Crippen molar-refractivity contribution in [3.63, 3.8) is 0 Å². The summed E-state index contributed by atoms with van der Waals surface area (Å²) in [5.74, 6) is -1.56. The summed E-state index contributed by atoms with van der Waals surface area (Å²) in [7, 11) is 0. The Kier molecular flexibility index (Phi) is 3.94. The molecular formula is C6H6LiNO3. The van der Waals surface area contributed by atoms with E-state index in [1.54, 1.807) is 0 Å². The van der Waals surface area contributed by atoms with Crippen molar-refractivity contribution in [1.82, 2.24) is 4.98 Å². The van der Waals surface area contributed by atoms with Crippen LogP contribution in [0.5, 0.6) is 0 Å². The van der Waals surface area contributed by atoms with Gasteiger partial charge in [0, 0.05) is 0 Å². The van der Waals surface area contributed by atoms with Gasteiger partial charge in [-0.1, -0.05) is 0 Å². The van der Waals surface area contributed by atoms with Gasteiger partial charge in [0.25, 0.3) is 0 Å². The molecule has 0 aliphatic heterocycles. The SMILES string of the molecule is CC(C(=O)[O-])c1cnco1.[Li+]. The molecule has 0 saturated carbocycles. The Morgan fingerprint density at radius 3 is 2.82 bits per heavy atom. The summed E-state index contributed by atoms with van der Waals surface area (Å²) in [5, 5.41) is 10.2. The third kappa shape index (κ3) is 2.41. The second-order valence-corrected chi connectivity index (χ2v) is 1.94. The molecule has 0 aliphatic rings. The van der Waals surface area contributed by atoms with E-state index in [-0.39, 0.29) is 18.9 Å². The van der Waals surface area contributed by atoms with Crippen LogP contribution in [-0.4, -0.2) is 11.0 Å². The first kappa shape index (κ1) is 10.3. The molecule has 0 aromatic carbocycles. The van der Waals surface area contributed by atoms with Gasteiger partial charge in [-0.15, -0.1) is 0 Å². The van der Waals surface area contributed by atoms with Crippen molar-refractivity contribution in [1.29, 1.82) is 0 Å². The summed E-state index contributed by atoms with van der Waals surface area (Å²) in [4.78, 5) is 13.8. The molecule has 0 bridgehead atoms. The summed E-state index contributed by atoms with van der Waals surface area (Å²) in [6.07, 6.45) is 2.55. The molecule has 0 radical (unpaired) electrons. The number of carboxylic acid groups (broad SMARTS) is 1. The number of aromatic nitrogens is 1. The van der Waals surface area contributed by atoms with E-state index in [1.807, 2.05) is 0 Å². The average molecular weight is 147 g/mol. The van der Waals surface area contributed by atoms with E-state index in [0.717, 1.165) is 0 Å². The molecule has 11 heavy (non-hydrogen) atoms. The summed E-state index contributed by atoms with van der Waals surface area (Å²) >= 11 is 0. The number of rotatable bonds is 2. The standard InChI is InChI=1S/C6H7NO3.Li/c1-4(6(8)9)5-2-7-3-10-5;/h2-4H,1H3,(H,8,9);/q;+1/p-1. The van der Waals surface area contributed by atoms with Crippen LogP contribution in [0.1, 0.15) is 18.6 Å². The van der Waals surface area contributed by atoms with Crippen molar-refractivity contribution in [3.8, 4) is 0 Å². The molecule has 5 heteroatoms. The van der Waals surface area contributed by atoms with Crippen molar-refractivity contribution < 1.29 is 33.2 Å². The van der Waals surface area contributed by atoms with Crippen molar-refractivity contribution in [2.24, 2.45) is 0 Å². The minimum atomic E-state index is -1.16. The summed E-state index contributed by atoms with van der Waals surface area (Å²) in [5.41, 5.74) is 0. The minimum absolute atomic E-state index is 0. The van der Waals surface area contributed by atoms with Gasteiger partial charge in [-0.2, -0.15) is 0 Å². The van der Waals surface area contributed by atoms with Gasteiger partial charge in [-0.3, -0.25) is 0 Å². The van der Waals surface area contributed by atoms with Gasteiger partial charge in [-0.25, -0.2) is 4.98 Å². The Hall–Kier alpha value is -0.723. The van der Waals surface area contributed by atoms with E-state index in [4.69, 9.17) is 4.42 Å². The zero-order valence-corrected chi connectivity index (χ0v) is 6.40. The Morgan fingerprint density at radius 2 is 2.45 bits per heavy atom. The first-order valence-electron chi connectivity index (χ1n) is 2.81. The van der Waals surface area contributed by atoms with Gasteiger partial charge in [0.2, 0.25) is 0 Å². The van der Waals surface area contributed by atoms with E-state index in [9.17, 15) is 9.90 Å². The smallest absolute Gasteiger partial charge is 0.549 e. The van der Waals surface area contributed by atoms with Crippen LogP contribution >= 0.6 is 0 Å². The molecule has 0 N–H and O–H groups in total. The van der Waals surface area contributed by atoms with Crippen LogP contribution in [0.3, 0.4) is 0 Å². The number of aliphatic carboxylic acids is 1. The fraction of sp³-hybridized carbons (Fsp3) is 0.333. The molecule has 0 fully saturated rings. The molecule has 0 aliphatic carbocycles. The first-order chi connectivity index (χ1) is 4.72. The van der Waals surface area contributed by atoms with E-state index in [1.165, 1.54) is 19.5 Å². The predicted octanol–water partition coefficient (Wildman–Crippen LogP) is -3.47. The quantitative estimate of drug-likeness (QED) is 0.408. The maximum Gasteiger partial charge on any atom is 1.00 e. The third-order valence-corrected chi connectivity index (χ3v) is 1.23. The number of hydrogen-bond donors (Lipinski definition) is 0. The van der Waals surface area contributed by atoms with Crippen LogP contribution in [0, 0.1) is 0 Å². The molecule has 1 aromatic heterocycles. The summed E-state index contributed by atoms with van der Waals surface area (Å²) in [6, 6.07) is 0. The number of carbonyl (C=O) groups is 1. The summed E-state index contributed by atoms with van der Waals surface area (Å²) in [6.45, 7) is 1.48. The Labute approximate surface area is 75.8 Å². The van der Waals surface area contributed by atoms with E-state index < -0.39 is 11.9 Å². The number of hydrogen-bond acceptors (Lipinski definition) is 4. The molecule has 54 valence electrons. The second kappa shape index (κ2) is 4.22. The van der Waals surface area contributed by atoms with Crippen LogP contribution in [0.4, 0.5) is 0 Å². The van der Waals surface area contributed by atoms with Gasteiger partial charge in [0.1, 0.15) is 5.76 Å². The zero-order chi connectivity index (χ0) is 7.56. The predicted molar refractivity (Wildman–Crippen MR) is 29.9 cm³/mol. The molecule has 1 heterocycles. The number of nitrogens with zero attached hydrogens (tertiary/aromatic N) is 1. The molecule has 1 aromatic rings. The summed E-state index contributed by atoms with van der Waals surface area (Å²) < 4.78 is 4.72. The van der Waals surface area contributed by atoms with Crippen molar-refractivity contribution >= 4 is 5.97 Å². The van der Waals surface area contributed by atoms with E-state index in [0.29, 0.717) is 5.76 Å². The van der Waals surface area contributed by atoms with Crippen molar-refractivity contribution in [3.05, 3.63) is 18.4 Å². The van der Waals surface area contributed by atoms with Crippen molar-refractivity contribution in [2.75, 3.05) is 0 Å². The maximum absolute atomic E-state index is 10.2. The van der Waals surface area contributed by atoms with Gasteiger partial charge in [0.05, 0.1) is 18.1 Å². The third-order valence-electron chi connectivity index (χ3n) is 1.23. The molecule has 1 unspecified atom stereocenters. The van der Waals surface area contributed by atoms with Gasteiger partial charge < -0.3 is 14.3 Å². The molecule has 0 spiro atoms. The van der Waals surface area contributed by atoms with Crippen LogP contribution in [0.15, 0.2) is 17.0 Å². The van der Waals surface area contributed by atoms with Gasteiger partial charge >= 0.3 is 18.9 Å². The number of carboxylic acids is 1. The fourth-order valence-corrected chi connectivity index (χ4v) is 0.556. The molecule has 0 saturated heterocycles. The topological polar surface area (TPSA) is 66.2 Å². The van der Waals surface area contributed by atoms with Crippen LogP contribution in [-0.2, 0) is 4.79 Å². The molecule has 1 rings (SSSR count). The number of oxazole rings is 1.